The second kappa shape index (κ2) is 5.54. The van der Waals surface area contributed by atoms with Crippen LogP contribution in [0.5, 0.6) is 5.75 Å². The van der Waals surface area contributed by atoms with Crippen molar-refractivity contribution in [3.05, 3.63) is 34.1 Å². The smallest absolute Gasteiger partial charge is 0.311 e. The summed E-state index contributed by atoms with van der Waals surface area (Å²) in [5, 5.41) is 20.6. The van der Waals surface area contributed by atoms with Gasteiger partial charge in [-0.15, -0.1) is 0 Å². The molecule has 0 unspecified atom stereocenters. The first-order valence-corrected chi connectivity index (χ1v) is 7.77. The highest BCUT2D eigenvalue weighted by atomic mass is 32.2. The Balaban J connectivity index is 2.23. The first-order chi connectivity index (χ1) is 9.68. The van der Waals surface area contributed by atoms with Crippen LogP contribution in [0.3, 0.4) is 0 Å². The second-order valence-electron chi connectivity index (χ2n) is 4.67. The van der Waals surface area contributed by atoms with Gasteiger partial charge in [0.25, 0.3) is 0 Å². The van der Waals surface area contributed by atoms with E-state index in [4.69, 9.17) is 4.74 Å². The van der Waals surface area contributed by atoms with Crippen molar-refractivity contribution in [2.75, 3.05) is 19.3 Å². The minimum atomic E-state index is -3.51. The van der Waals surface area contributed by atoms with Crippen LogP contribution in [0.2, 0.25) is 0 Å². The summed E-state index contributed by atoms with van der Waals surface area (Å²) in [4.78, 5) is 10.1. The van der Waals surface area contributed by atoms with Crippen LogP contribution in [0.1, 0.15) is 0 Å². The summed E-state index contributed by atoms with van der Waals surface area (Å²) in [5.74, 6) is -1.08. The zero-order valence-electron chi connectivity index (χ0n) is 11.0. The minimum Gasteiger partial charge on any atom is -0.479 e. The van der Waals surface area contributed by atoms with Crippen LogP contribution in [-0.2, 0) is 10.0 Å². The molecule has 1 N–H and O–H groups in total. The number of hydrogen-bond donors (Lipinski definition) is 1. The van der Waals surface area contributed by atoms with Gasteiger partial charge < -0.3 is 9.84 Å². The molecule has 2 atom stereocenters. The molecule has 1 heterocycles. The number of benzene rings is 1. The van der Waals surface area contributed by atoms with Crippen LogP contribution < -0.4 is 4.74 Å². The van der Waals surface area contributed by atoms with Gasteiger partial charge in [0.1, 0.15) is 18.0 Å². The molecule has 116 valence electrons. The third kappa shape index (κ3) is 3.46. The topological polar surface area (TPSA) is 110 Å². The normalized spacial score (nSPS) is 23.2. The fourth-order valence-corrected chi connectivity index (χ4v) is 2.85. The number of nitro benzene ring substituents is 1. The number of aliphatic hydroxyl groups excluding tert-OH is 1. The standard InChI is InChI=1S/C11H13FN2O6S/c1-21(18,19)13-5-9(15)11(6-13)20-10-4-7(12)2-3-8(10)14(16)17/h2-4,9,11,15H,5-6H2,1H3/t9-,11-/m1/s1. The zero-order chi connectivity index (χ0) is 15.8. The molecule has 8 nitrogen and oxygen atoms in total. The van der Waals surface area contributed by atoms with E-state index in [2.05, 4.69) is 0 Å². The Hall–Kier alpha value is -1.78. The number of aliphatic hydroxyl groups is 1. The molecule has 0 aliphatic carbocycles. The van der Waals surface area contributed by atoms with Crippen molar-refractivity contribution in [1.29, 1.82) is 0 Å². The molecule has 1 aliphatic rings. The van der Waals surface area contributed by atoms with E-state index in [0.717, 1.165) is 28.8 Å². The molecule has 0 bridgehead atoms. The number of hydrogen-bond acceptors (Lipinski definition) is 6. The van der Waals surface area contributed by atoms with Crippen molar-refractivity contribution in [2.45, 2.75) is 12.2 Å². The van der Waals surface area contributed by atoms with E-state index in [9.17, 15) is 28.0 Å². The van der Waals surface area contributed by atoms with Gasteiger partial charge >= 0.3 is 5.69 Å². The summed E-state index contributed by atoms with van der Waals surface area (Å²) < 4.78 is 42.2. The average Bonchev–Trinajstić information content (AvgIpc) is 2.70. The van der Waals surface area contributed by atoms with E-state index in [1.54, 1.807) is 0 Å². The lowest BCUT2D eigenvalue weighted by Gasteiger charge is -2.16. The molecule has 0 saturated carbocycles. The number of ether oxygens (including phenoxy) is 1. The highest BCUT2D eigenvalue weighted by Gasteiger charge is 2.38. The van der Waals surface area contributed by atoms with E-state index in [0.29, 0.717) is 0 Å². The molecule has 0 radical (unpaired) electrons. The fourth-order valence-electron chi connectivity index (χ4n) is 2.01. The Kier molecular flexibility index (Phi) is 4.12. The predicted octanol–water partition coefficient (Wildman–Crippen LogP) is 0.117. The van der Waals surface area contributed by atoms with Crippen LogP contribution in [-0.4, -0.2) is 54.3 Å². The van der Waals surface area contributed by atoms with Gasteiger partial charge in [-0.2, -0.15) is 4.31 Å². The highest BCUT2D eigenvalue weighted by Crippen LogP contribution is 2.30. The van der Waals surface area contributed by atoms with Gasteiger partial charge in [-0.05, 0) is 6.07 Å². The molecule has 1 aliphatic heterocycles. The Morgan fingerprint density at radius 3 is 2.67 bits per heavy atom. The van der Waals surface area contributed by atoms with Crippen LogP contribution in [0.25, 0.3) is 0 Å². The van der Waals surface area contributed by atoms with Gasteiger partial charge in [-0.25, -0.2) is 12.8 Å². The average molecular weight is 320 g/mol. The van der Waals surface area contributed by atoms with Gasteiger partial charge in [0.15, 0.2) is 5.75 Å². The van der Waals surface area contributed by atoms with Crippen molar-refractivity contribution in [3.8, 4) is 5.75 Å². The molecular weight excluding hydrogens is 307 g/mol. The van der Waals surface area contributed by atoms with Gasteiger partial charge in [0.2, 0.25) is 10.0 Å². The number of nitrogens with zero attached hydrogens (tertiary/aromatic N) is 2. The zero-order valence-corrected chi connectivity index (χ0v) is 11.8. The molecular formula is C11H13FN2O6S. The van der Waals surface area contributed by atoms with Crippen molar-refractivity contribution < 1.29 is 27.6 Å². The number of halogens is 1. The molecule has 1 saturated heterocycles. The summed E-state index contributed by atoms with van der Waals surface area (Å²) >= 11 is 0. The molecule has 1 fully saturated rings. The van der Waals surface area contributed by atoms with Crippen molar-refractivity contribution >= 4 is 15.7 Å². The quantitative estimate of drug-likeness (QED) is 0.623. The van der Waals surface area contributed by atoms with Gasteiger partial charge in [0, 0.05) is 18.7 Å². The van der Waals surface area contributed by atoms with Crippen LogP contribution in [0.4, 0.5) is 10.1 Å². The summed E-state index contributed by atoms with van der Waals surface area (Å²) in [6.07, 6.45) is -1.17. The molecule has 0 aromatic heterocycles. The Morgan fingerprint density at radius 1 is 1.48 bits per heavy atom. The summed E-state index contributed by atoms with van der Waals surface area (Å²) in [6.45, 7) is -0.333. The van der Waals surface area contributed by atoms with Crippen molar-refractivity contribution in [2.24, 2.45) is 0 Å². The number of sulfonamides is 1. The molecule has 1 aromatic carbocycles. The number of β-amino-alcohol motifs (C(OH)–C–C–N with tert-alkyl or cyclic N) is 1. The molecule has 10 heteroatoms. The second-order valence-corrected chi connectivity index (χ2v) is 6.66. The third-order valence-electron chi connectivity index (χ3n) is 3.07. The lowest BCUT2D eigenvalue weighted by atomic mass is 10.2. The van der Waals surface area contributed by atoms with Crippen LogP contribution in [0, 0.1) is 15.9 Å². The molecule has 2 rings (SSSR count). The molecule has 21 heavy (non-hydrogen) atoms. The first-order valence-electron chi connectivity index (χ1n) is 5.92. The van der Waals surface area contributed by atoms with Gasteiger partial charge in [-0.1, -0.05) is 0 Å². The van der Waals surface area contributed by atoms with E-state index in [-0.39, 0.29) is 18.8 Å². The largest absolute Gasteiger partial charge is 0.479 e. The SMILES string of the molecule is CS(=O)(=O)N1C[C@@H](O)[C@H](Oc2cc(F)ccc2[N+](=O)[O-])C1. The minimum absolute atomic E-state index is 0.159. The first kappa shape index (κ1) is 15.6. The van der Waals surface area contributed by atoms with Crippen molar-refractivity contribution in [3.63, 3.8) is 0 Å². The summed E-state index contributed by atoms with van der Waals surface area (Å²) in [7, 11) is -3.51. The molecule has 0 spiro atoms. The van der Waals surface area contributed by atoms with E-state index in [1.165, 1.54) is 0 Å². The number of rotatable bonds is 4. The van der Waals surface area contributed by atoms with E-state index >= 15 is 0 Å². The van der Waals surface area contributed by atoms with E-state index in [1.807, 2.05) is 0 Å². The van der Waals surface area contributed by atoms with Crippen LogP contribution >= 0.6 is 0 Å². The van der Waals surface area contributed by atoms with Crippen LogP contribution in [0.15, 0.2) is 18.2 Å². The van der Waals surface area contributed by atoms with Gasteiger partial charge in [-0.3, -0.25) is 10.1 Å². The lowest BCUT2D eigenvalue weighted by molar-refractivity contribution is -0.386. The summed E-state index contributed by atoms with van der Waals surface area (Å²) in [6, 6.07) is 2.69. The maximum atomic E-state index is 13.2. The molecule has 1 aromatic rings. The maximum Gasteiger partial charge on any atom is 0.311 e. The Morgan fingerprint density at radius 2 is 2.14 bits per heavy atom. The third-order valence-corrected chi connectivity index (χ3v) is 4.31. The Labute approximate surface area is 119 Å². The maximum absolute atomic E-state index is 13.2. The van der Waals surface area contributed by atoms with Crippen molar-refractivity contribution in [1.82, 2.24) is 4.31 Å². The summed E-state index contributed by atoms with van der Waals surface area (Å²) in [5.41, 5.74) is -0.457. The fraction of sp³-hybridized carbons (Fsp3) is 0.455. The van der Waals surface area contributed by atoms with E-state index < -0.39 is 38.7 Å². The lowest BCUT2D eigenvalue weighted by Crippen LogP contribution is -2.31. The molecule has 0 amide bonds. The predicted molar refractivity (Wildman–Crippen MR) is 69.9 cm³/mol. The Bertz CT molecular complexity index is 665. The highest BCUT2D eigenvalue weighted by molar-refractivity contribution is 7.88. The monoisotopic (exact) mass is 320 g/mol. The number of nitro groups is 1. The van der Waals surface area contributed by atoms with Gasteiger partial charge in [0.05, 0.1) is 17.7 Å².